The van der Waals surface area contributed by atoms with Crippen LogP contribution in [0.1, 0.15) is 13.3 Å². The van der Waals surface area contributed by atoms with E-state index < -0.39 is 9.84 Å². The van der Waals surface area contributed by atoms with Crippen molar-refractivity contribution >= 4 is 15.5 Å². The number of hydrogen-bond acceptors (Lipinski definition) is 4. The van der Waals surface area contributed by atoms with Gasteiger partial charge in [-0.25, -0.2) is 8.42 Å². The van der Waals surface area contributed by atoms with Gasteiger partial charge in [0.1, 0.15) is 0 Å². The van der Waals surface area contributed by atoms with Gasteiger partial charge in [0.2, 0.25) is 0 Å². The van der Waals surface area contributed by atoms with Crippen LogP contribution in [-0.2, 0) is 9.84 Å². The highest BCUT2D eigenvalue weighted by Gasteiger charge is 2.08. The molecule has 0 aromatic heterocycles. The summed E-state index contributed by atoms with van der Waals surface area (Å²) >= 11 is 0. The number of rotatable bonds is 6. The number of nitrogens with zero attached hydrogens (tertiary/aromatic N) is 1. The van der Waals surface area contributed by atoms with E-state index in [4.69, 9.17) is 5.73 Å². The molecule has 0 atom stereocenters. The second-order valence-electron chi connectivity index (χ2n) is 4.04. The topological polar surface area (TPSA) is 63.4 Å². The van der Waals surface area contributed by atoms with E-state index in [0.717, 1.165) is 25.2 Å². The minimum absolute atomic E-state index is 0.352. The van der Waals surface area contributed by atoms with Gasteiger partial charge in [-0.15, -0.1) is 0 Å². The smallest absolute Gasteiger partial charge is 0.175 e. The Morgan fingerprint density at radius 2 is 1.76 bits per heavy atom. The molecule has 0 fully saturated rings. The van der Waals surface area contributed by atoms with Crippen LogP contribution in [0.5, 0.6) is 0 Å². The van der Waals surface area contributed by atoms with Crippen LogP contribution >= 0.6 is 0 Å². The molecule has 5 heteroatoms. The van der Waals surface area contributed by atoms with Gasteiger partial charge in [-0.3, -0.25) is 0 Å². The second kappa shape index (κ2) is 6.02. The third kappa shape index (κ3) is 4.02. The van der Waals surface area contributed by atoms with Crippen LogP contribution < -0.4 is 10.6 Å². The van der Waals surface area contributed by atoms with Crippen LogP contribution in [0, 0.1) is 0 Å². The molecule has 96 valence electrons. The first-order valence-electron chi connectivity index (χ1n) is 5.74. The Hall–Kier alpha value is -1.07. The van der Waals surface area contributed by atoms with Crippen molar-refractivity contribution in [1.82, 2.24) is 0 Å². The first-order chi connectivity index (χ1) is 7.99. The molecule has 0 heterocycles. The number of benzene rings is 1. The van der Waals surface area contributed by atoms with E-state index in [1.807, 2.05) is 12.1 Å². The van der Waals surface area contributed by atoms with E-state index in [-0.39, 0.29) is 0 Å². The lowest BCUT2D eigenvalue weighted by atomic mass is 10.2. The predicted octanol–water partition coefficient (Wildman–Crippen LogP) is 1.27. The van der Waals surface area contributed by atoms with Crippen LogP contribution in [0.2, 0.25) is 0 Å². The molecular weight excluding hydrogens is 236 g/mol. The van der Waals surface area contributed by atoms with Gasteiger partial charge in [0.15, 0.2) is 9.84 Å². The zero-order valence-corrected chi connectivity index (χ0v) is 11.2. The highest BCUT2D eigenvalue weighted by Crippen LogP contribution is 2.17. The lowest BCUT2D eigenvalue weighted by Gasteiger charge is -2.23. The van der Waals surface area contributed by atoms with Crippen LogP contribution in [0.15, 0.2) is 29.2 Å². The number of hydrogen-bond donors (Lipinski definition) is 1. The van der Waals surface area contributed by atoms with Crippen LogP contribution in [-0.4, -0.2) is 34.3 Å². The fraction of sp³-hybridized carbons (Fsp3) is 0.500. The summed E-state index contributed by atoms with van der Waals surface area (Å²) in [7, 11) is -3.11. The zero-order valence-electron chi connectivity index (χ0n) is 10.4. The minimum atomic E-state index is -3.11. The molecule has 0 saturated carbocycles. The third-order valence-electron chi connectivity index (χ3n) is 2.52. The molecule has 17 heavy (non-hydrogen) atoms. The Labute approximate surface area is 103 Å². The number of anilines is 1. The molecule has 0 spiro atoms. The van der Waals surface area contributed by atoms with E-state index >= 15 is 0 Å². The maximum absolute atomic E-state index is 11.3. The van der Waals surface area contributed by atoms with Crippen LogP contribution in [0.3, 0.4) is 0 Å². The summed E-state index contributed by atoms with van der Waals surface area (Å²) in [6.45, 7) is 4.41. The van der Waals surface area contributed by atoms with Gasteiger partial charge in [0.05, 0.1) is 4.90 Å². The van der Waals surface area contributed by atoms with Crippen molar-refractivity contribution in [3.63, 3.8) is 0 Å². The quantitative estimate of drug-likeness (QED) is 0.832. The summed E-state index contributed by atoms with van der Waals surface area (Å²) in [6.07, 6.45) is 2.25. The van der Waals surface area contributed by atoms with E-state index in [0.29, 0.717) is 11.4 Å². The normalized spacial score (nSPS) is 11.5. The van der Waals surface area contributed by atoms with Crippen molar-refractivity contribution in [3.8, 4) is 0 Å². The first-order valence-corrected chi connectivity index (χ1v) is 7.63. The van der Waals surface area contributed by atoms with E-state index in [1.165, 1.54) is 6.26 Å². The molecule has 1 aromatic rings. The largest absolute Gasteiger partial charge is 0.370 e. The molecule has 1 aromatic carbocycles. The average molecular weight is 256 g/mol. The summed E-state index contributed by atoms with van der Waals surface area (Å²) < 4.78 is 22.7. The van der Waals surface area contributed by atoms with Crippen LogP contribution in [0.4, 0.5) is 5.69 Å². The monoisotopic (exact) mass is 256 g/mol. The lowest BCUT2D eigenvalue weighted by Crippen LogP contribution is -2.30. The summed E-state index contributed by atoms with van der Waals surface area (Å²) in [5, 5.41) is 0. The molecule has 0 amide bonds. The fourth-order valence-electron chi connectivity index (χ4n) is 1.70. The van der Waals surface area contributed by atoms with Crippen molar-refractivity contribution in [1.29, 1.82) is 0 Å². The molecule has 4 nitrogen and oxygen atoms in total. The predicted molar refractivity (Wildman–Crippen MR) is 71.1 cm³/mol. The van der Waals surface area contributed by atoms with Crippen molar-refractivity contribution in [2.45, 2.75) is 18.2 Å². The maximum Gasteiger partial charge on any atom is 0.175 e. The summed E-state index contributed by atoms with van der Waals surface area (Å²) in [5.41, 5.74) is 6.58. The highest BCUT2D eigenvalue weighted by atomic mass is 32.2. The molecule has 0 radical (unpaired) electrons. The Morgan fingerprint density at radius 3 is 2.18 bits per heavy atom. The van der Waals surface area contributed by atoms with Crippen molar-refractivity contribution in [2.75, 3.05) is 30.8 Å². The molecule has 0 aliphatic rings. The molecule has 0 bridgehead atoms. The summed E-state index contributed by atoms with van der Waals surface area (Å²) in [6, 6.07) is 6.96. The standard InChI is InChI=1S/C12H20N2O2S/c1-3-9-14(10-8-13)11-4-6-12(7-5-11)17(2,15)16/h4-7H,3,8-10,13H2,1-2H3. The van der Waals surface area contributed by atoms with E-state index in [1.54, 1.807) is 12.1 Å². The lowest BCUT2D eigenvalue weighted by molar-refractivity contribution is 0.602. The van der Waals surface area contributed by atoms with Gasteiger partial charge in [-0.05, 0) is 30.7 Å². The SMILES string of the molecule is CCCN(CCN)c1ccc(S(C)(=O)=O)cc1. The molecule has 0 unspecified atom stereocenters. The Kier molecular flexibility index (Phi) is 4.96. The zero-order chi connectivity index (χ0) is 12.9. The molecular formula is C12H20N2O2S. The fourth-order valence-corrected chi connectivity index (χ4v) is 2.33. The van der Waals surface area contributed by atoms with E-state index in [2.05, 4.69) is 11.8 Å². The second-order valence-corrected chi connectivity index (χ2v) is 6.06. The van der Waals surface area contributed by atoms with Crippen molar-refractivity contribution < 1.29 is 8.42 Å². The highest BCUT2D eigenvalue weighted by molar-refractivity contribution is 7.90. The molecule has 0 aliphatic heterocycles. The number of sulfone groups is 1. The molecule has 0 aliphatic carbocycles. The van der Waals surface area contributed by atoms with Gasteiger partial charge in [-0.1, -0.05) is 6.92 Å². The Balaban J connectivity index is 2.91. The first kappa shape index (κ1) is 14.0. The van der Waals surface area contributed by atoms with Gasteiger partial charge < -0.3 is 10.6 Å². The maximum atomic E-state index is 11.3. The molecule has 2 N–H and O–H groups in total. The van der Waals surface area contributed by atoms with Crippen molar-refractivity contribution in [2.24, 2.45) is 5.73 Å². The van der Waals surface area contributed by atoms with Gasteiger partial charge in [0, 0.05) is 31.6 Å². The van der Waals surface area contributed by atoms with Gasteiger partial charge >= 0.3 is 0 Å². The summed E-state index contributed by atoms with van der Waals surface area (Å²) in [4.78, 5) is 2.51. The Morgan fingerprint density at radius 1 is 1.18 bits per heavy atom. The molecule has 1 rings (SSSR count). The van der Waals surface area contributed by atoms with Crippen LogP contribution in [0.25, 0.3) is 0 Å². The Bertz CT molecular complexity index is 434. The van der Waals surface area contributed by atoms with Gasteiger partial charge in [0.25, 0.3) is 0 Å². The van der Waals surface area contributed by atoms with E-state index in [9.17, 15) is 8.42 Å². The number of nitrogens with two attached hydrogens (primary N) is 1. The third-order valence-corrected chi connectivity index (χ3v) is 3.65. The minimum Gasteiger partial charge on any atom is -0.370 e. The van der Waals surface area contributed by atoms with Gasteiger partial charge in [-0.2, -0.15) is 0 Å². The molecule has 0 saturated heterocycles. The van der Waals surface area contributed by atoms with Crippen molar-refractivity contribution in [3.05, 3.63) is 24.3 Å². The summed E-state index contributed by atoms with van der Waals surface area (Å²) in [5.74, 6) is 0. The average Bonchev–Trinajstić information content (AvgIpc) is 2.28.